The van der Waals surface area contributed by atoms with Gasteiger partial charge in [-0.2, -0.15) is 11.8 Å². The van der Waals surface area contributed by atoms with E-state index in [0.717, 1.165) is 17.1 Å². The van der Waals surface area contributed by atoms with Crippen molar-refractivity contribution in [3.05, 3.63) is 23.5 Å². The topological polar surface area (TPSA) is 17.3 Å². The van der Waals surface area contributed by atoms with Crippen LogP contribution in [0.2, 0.25) is 0 Å². The van der Waals surface area contributed by atoms with Crippen LogP contribution < -0.4 is 0 Å². The molecule has 0 fully saturated rings. The molecule has 0 aliphatic carbocycles. The number of aromatic nitrogens is 2. The zero-order valence-corrected chi connectivity index (χ0v) is 8.49. The molecular weight excluding hydrogens is 188 g/mol. The molecule has 0 unspecified atom stereocenters. The van der Waals surface area contributed by atoms with Crippen molar-refractivity contribution in [2.45, 2.75) is 6.42 Å². The summed E-state index contributed by atoms with van der Waals surface area (Å²) < 4.78 is 2.08. The van der Waals surface area contributed by atoms with Crippen molar-refractivity contribution in [3.63, 3.8) is 0 Å². The van der Waals surface area contributed by atoms with E-state index in [1.165, 1.54) is 5.69 Å². The summed E-state index contributed by atoms with van der Waals surface area (Å²) in [6.45, 7) is 0. The number of thioether (sulfide) groups is 1. The lowest BCUT2D eigenvalue weighted by Gasteiger charge is -1.90. The van der Waals surface area contributed by atoms with Gasteiger partial charge in [-0.05, 0) is 12.0 Å². The van der Waals surface area contributed by atoms with Crippen LogP contribution >= 0.6 is 23.1 Å². The summed E-state index contributed by atoms with van der Waals surface area (Å²) in [7, 11) is 0. The molecule has 0 radical (unpaired) electrons. The minimum atomic E-state index is 1.08. The lowest BCUT2D eigenvalue weighted by atomic mass is 10.4. The van der Waals surface area contributed by atoms with Gasteiger partial charge in [0.1, 0.15) is 0 Å². The maximum absolute atomic E-state index is 4.48. The maximum Gasteiger partial charge on any atom is 0.193 e. The van der Waals surface area contributed by atoms with E-state index >= 15 is 0 Å². The SMILES string of the molecule is CSCCc1cn2ccsc2n1. The maximum atomic E-state index is 4.48. The van der Waals surface area contributed by atoms with Crippen LogP contribution in [0.25, 0.3) is 4.96 Å². The van der Waals surface area contributed by atoms with Crippen LogP contribution in [0.15, 0.2) is 17.8 Å². The number of nitrogens with zero attached hydrogens (tertiary/aromatic N) is 2. The van der Waals surface area contributed by atoms with Crippen LogP contribution in [0.1, 0.15) is 5.69 Å². The van der Waals surface area contributed by atoms with Gasteiger partial charge in [-0.1, -0.05) is 0 Å². The van der Waals surface area contributed by atoms with Gasteiger partial charge in [0.05, 0.1) is 5.69 Å². The van der Waals surface area contributed by atoms with Crippen molar-refractivity contribution >= 4 is 28.1 Å². The Labute approximate surface area is 79.6 Å². The Morgan fingerprint density at radius 1 is 1.67 bits per heavy atom. The summed E-state index contributed by atoms with van der Waals surface area (Å²) in [5.41, 5.74) is 1.20. The molecule has 2 heterocycles. The molecule has 0 saturated heterocycles. The third-order valence-electron chi connectivity index (χ3n) is 1.71. The van der Waals surface area contributed by atoms with Crippen molar-refractivity contribution < 1.29 is 0 Å². The number of fused-ring (bicyclic) bond motifs is 1. The Kier molecular flexibility index (Phi) is 2.37. The lowest BCUT2D eigenvalue weighted by Crippen LogP contribution is -1.86. The van der Waals surface area contributed by atoms with Crippen molar-refractivity contribution in [1.29, 1.82) is 0 Å². The minimum absolute atomic E-state index is 1.08. The quantitative estimate of drug-likeness (QED) is 0.753. The molecule has 2 nitrogen and oxygen atoms in total. The molecule has 0 spiro atoms. The molecule has 0 atom stereocenters. The summed E-state index contributed by atoms with van der Waals surface area (Å²) >= 11 is 3.55. The van der Waals surface area contributed by atoms with Crippen LogP contribution in [0, 0.1) is 0 Å². The molecule has 2 aromatic heterocycles. The van der Waals surface area contributed by atoms with Gasteiger partial charge in [-0.15, -0.1) is 11.3 Å². The Morgan fingerprint density at radius 2 is 2.58 bits per heavy atom. The second-order valence-corrected chi connectivity index (χ2v) is 4.43. The molecule has 64 valence electrons. The number of imidazole rings is 1. The third-order valence-corrected chi connectivity index (χ3v) is 3.09. The largest absolute Gasteiger partial charge is 0.297 e. The number of rotatable bonds is 3. The molecule has 0 N–H and O–H groups in total. The fourth-order valence-corrected chi connectivity index (χ4v) is 2.24. The van der Waals surface area contributed by atoms with E-state index in [2.05, 4.69) is 33.4 Å². The van der Waals surface area contributed by atoms with Gasteiger partial charge in [0.15, 0.2) is 4.96 Å². The van der Waals surface area contributed by atoms with Crippen LogP contribution in [-0.4, -0.2) is 21.4 Å². The van der Waals surface area contributed by atoms with Crippen LogP contribution in [0.4, 0.5) is 0 Å². The van der Waals surface area contributed by atoms with Gasteiger partial charge >= 0.3 is 0 Å². The minimum Gasteiger partial charge on any atom is -0.297 e. The Hall–Kier alpha value is -0.480. The molecule has 0 aliphatic heterocycles. The Balaban J connectivity index is 2.21. The van der Waals surface area contributed by atoms with Crippen molar-refractivity contribution in [1.82, 2.24) is 9.38 Å². The van der Waals surface area contributed by atoms with E-state index < -0.39 is 0 Å². The van der Waals surface area contributed by atoms with Crippen LogP contribution in [-0.2, 0) is 6.42 Å². The summed E-state index contributed by atoms with van der Waals surface area (Å²) in [5.74, 6) is 1.16. The molecule has 0 saturated carbocycles. The standard InChI is InChI=1S/C8H10N2S2/c1-11-4-2-7-6-10-3-5-12-8(10)9-7/h3,5-6H,2,4H2,1H3. The molecule has 0 bridgehead atoms. The van der Waals surface area contributed by atoms with Gasteiger partial charge in [0, 0.05) is 24.2 Å². The normalized spacial score (nSPS) is 11.1. The highest BCUT2D eigenvalue weighted by Crippen LogP contribution is 2.12. The summed E-state index contributed by atoms with van der Waals surface area (Å²) in [6, 6.07) is 0. The number of hydrogen-bond acceptors (Lipinski definition) is 3. The zero-order valence-electron chi connectivity index (χ0n) is 6.86. The van der Waals surface area contributed by atoms with Crippen LogP contribution in [0.3, 0.4) is 0 Å². The van der Waals surface area contributed by atoms with E-state index in [1.54, 1.807) is 11.3 Å². The average molecular weight is 198 g/mol. The van der Waals surface area contributed by atoms with E-state index in [-0.39, 0.29) is 0 Å². The monoisotopic (exact) mass is 198 g/mol. The van der Waals surface area contributed by atoms with E-state index in [9.17, 15) is 0 Å². The summed E-state index contributed by atoms with van der Waals surface area (Å²) in [5, 5.41) is 2.06. The fourth-order valence-electron chi connectivity index (χ4n) is 1.10. The summed E-state index contributed by atoms with van der Waals surface area (Å²) in [6.07, 6.45) is 7.37. The zero-order chi connectivity index (χ0) is 8.39. The first kappa shape index (κ1) is 8.13. The smallest absolute Gasteiger partial charge is 0.193 e. The van der Waals surface area contributed by atoms with E-state index in [4.69, 9.17) is 0 Å². The molecule has 0 amide bonds. The summed E-state index contributed by atoms with van der Waals surface area (Å²) in [4.78, 5) is 5.58. The van der Waals surface area contributed by atoms with Gasteiger partial charge in [0.25, 0.3) is 0 Å². The van der Waals surface area contributed by atoms with E-state index in [0.29, 0.717) is 0 Å². The van der Waals surface area contributed by atoms with Gasteiger partial charge < -0.3 is 0 Å². The second kappa shape index (κ2) is 3.49. The van der Waals surface area contributed by atoms with Crippen molar-refractivity contribution in [3.8, 4) is 0 Å². The number of thiazole rings is 1. The Bertz CT molecular complexity index is 335. The predicted octanol–water partition coefficient (Wildman–Crippen LogP) is 2.30. The van der Waals surface area contributed by atoms with Crippen molar-refractivity contribution in [2.75, 3.05) is 12.0 Å². The van der Waals surface area contributed by atoms with Gasteiger partial charge in [0.2, 0.25) is 0 Å². The van der Waals surface area contributed by atoms with E-state index in [1.807, 2.05) is 11.8 Å². The number of hydrogen-bond donors (Lipinski definition) is 0. The van der Waals surface area contributed by atoms with Gasteiger partial charge in [-0.25, -0.2) is 4.98 Å². The molecular formula is C8H10N2S2. The predicted molar refractivity (Wildman–Crippen MR) is 55.2 cm³/mol. The van der Waals surface area contributed by atoms with Crippen molar-refractivity contribution in [2.24, 2.45) is 0 Å². The van der Waals surface area contributed by atoms with Crippen LogP contribution in [0.5, 0.6) is 0 Å². The molecule has 4 heteroatoms. The number of aryl methyl sites for hydroxylation is 1. The first-order valence-electron chi connectivity index (χ1n) is 3.80. The first-order chi connectivity index (χ1) is 5.90. The first-order valence-corrected chi connectivity index (χ1v) is 6.07. The third kappa shape index (κ3) is 1.49. The Morgan fingerprint density at radius 3 is 3.33 bits per heavy atom. The fraction of sp³-hybridized carbons (Fsp3) is 0.375. The second-order valence-electron chi connectivity index (χ2n) is 2.57. The van der Waals surface area contributed by atoms with Gasteiger partial charge in [-0.3, -0.25) is 4.40 Å². The molecule has 0 aliphatic rings. The molecule has 0 aromatic carbocycles. The highest BCUT2D eigenvalue weighted by Gasteiger charge is 2.00. The highest BCUT2D eigenvalue weighted by atomic mass is 32.2. The lowest BCUT2D eigenvalue weighted by molar-refractivity contribution is 1.08. The molecule has 2 rings (SSSR count). The molecule has 12 heavy (non-hydrogen) atoms. The highest BCUT2D eigenvalue weighted by molar-refractivity contribution is 7.98. The average Bonchev–Trinajstić information content (AvgIpc) is 2.58. The molecule has 2 aromatic rings.